The van der Waals surface area contributed by atoms with E-state index in [-0.39, 0.29) is 0 Å². The maximum Gasteiger partial charge on any atom is 0.103 e. The van der Waals surface area contributed by atoms with Gasteiger partial charge >= 0.3 is 0 Å². The molecule has 0 fully saturated rings. The Hall–Kier alpha value is -1.54. The molecule has 0 unspecified atom stereocenters. The molecule has 2 N–H and O–H groups in total. The molecular formula is C8H5BrN4. The second-order valence-corrected chi connectivity index (χ2v) is 3.49. The number of aromatic nitrogens is 2. The summed E-state index contributed by atoms with van der Waals surface area (Å²) in [4.78, 5) is 0. The first-order valence-corrected chi connectivity index (χ1v) is 4.34. The van der Waals surface area contributed by atoms with Crippen LogP contribution in [0.15, 0.2) is 22.9 Å². The first-order valence-electron chi connectivity index (χ1n) is 3.55. The fourth-order valence-electron chi connectivity index (χ4n) is 1.13. The maximum atomic E-state index is 8.69. The number of nitriles is 1. The Morgan fingerprint density at radius 3 is 3.08 bits per heavy atom. The summed E-state index contributed by atoms with van der Waals surface area (Å²) in [7, 11) is 0. The molecule has 4 nitrogen and oxygen atoms in total. The van der Waals surface area contributed by atoms with Gasteiger partial charge < -0.3 is 5.73 Å². The van der Waals surface area contributed by atoms with Gasteiger partial charge in [-0.1, -0.05) is 0 Å². The van der Waals surface area contributed by atoms with Crippen LogP contribution in [0, 0.1) is 11.3 Å². The van der Waals surface area contributed by atoms with Crippen molar-refractivity contribution in [2.24, 2.45) is 0 Å². The molecule has 0 saturated carbocycles. The first kappa shape index (κ1) is 8.08. The molecule has 2 aromatic heterocycles. The standard InChI is InChI=1S/C8H5BrN4/c9-6-1-7-8(11)5(2-10)3-12-13(7)4-6/h1,3-4H,11H2. The van der Waals surface area contributed by atoms with Gasteiger partial charge in [-0.25, -0.2) is 4.52 Å². The number of hydrogen-bond donors (Lipinski definition) is 1. The summed E-state index contributed by atoms with van der Waals surface area (Å²) in [5.74, 6) is 0. The lowest BCUT2D eigenvalue weighted by Gasteiger charge is -1.98. The molecule has 0 aliphatic rings. The van der Waals surface area contributed by atoms with E-state index < -0.39 is 0 Å². The van der Waals surface area contributed by atoms with E-state index in [0.717, 1.165) is 9.99 Å². The number of halogens is 1. The highest BCUT2D eigenvalue weighted by Gasteiger charge is 2.05. The second-order valence-electron chi connectivity index (χ2n) is 2.57. The van der Waals surface area contributed by atoms with Crippen molar-refractivity contribution in [3.05, 3.63) is 28.5 Å². The van der Waals surface area contributed by atoms with Crippen LogP contribution in [-0.4, -0.2) is 9.61 Å². The monoisotopic (exact) mass is 236 g/mol. The van der Waals surface area contributed by atoms with Crippen molar-refractivity contribution in [2.45, 2.75) is 0 Å². The van der Waals surface area contributed by atoms with Crippen LogP contribution in [0.1, 0.15) is 5.56 Å². The average molecular weight is 237 g/mol. The second kappa shape index (κ2) is 2.75. The zero-order chi connectivity index (χ0) is 9.42. The van der Waals surface area contributed by atoms with E-state index in [1.165, 1.54) is 6.20 Å². The molecule has 0 aliphatic heterocycles. The van der Waals surface area contributed by atoms with Crippen molar-refractivity contribution in [3.8, 4) is 6.07 Å². The Labute approximate surface area is 82.7 Å². The minimum Gasteiger partial charge on any atom is -0.396 e. The predicted octanol–water partition coefficient (Wildman–Crippen LogP) is 1.55. The average Bonchev–Trinajstić information content (AvgIpc) is 2.47. The molecule has 0 radical (unpaired) electrons. The molecule has 0 atom stereocenters. The number of anilines is 1. The van der Waals surface area contributed by atoms with Gasteiger partial charge in [-0.15, -0.1) is 0 Å². The minimum atomic E-state index is 0.401. The van der Waals surface area contributed by atoms with Crippen molar-refractivity contribution in [1.29, 1.82) is 5.26 Å². The Morgan fingerprint density at radius 1 is 1.62 bits per heavy atom. The van der Waals surface area contributed by atoms with Gasteiger partial charge in [0.2, 0.25) is 0 Å². The number of rotatable bonds is 0. The lowest BCUT2D eigenvalue weighted by atomic mass is 10.2. The fraction of sp³-hybridized carbons (Fsp3) is 0. The lowest BCUT2D eigenvalue weighted by molar-refractivity contribution is 0.938. The van der Waals surface area contributed by atoms with E-state index in [1.807, 2.05) is 12.1 Å². The van der Waals surface area contributed by atoms with E-state index in [9.17, 15) is 0 Å². The Bertz CT molecular complexity index is 509. The molecule has 2 heterocycles. The van der Waals surface area contributed by atoms with Crippen molar-refractivity contribution in [1.82, 2.24) is 9.61 Å². The summed E-state index contributed by atoms with van der Waals surface area (Å²) in [6.07, 6.45) is 3.24. The van der Waals surface area contributed by atoms with Gasteiger partial charge in [-0.2, -0.15) is 10.4 Å². The van der Waals surface area contributed by atoms with E-state index in [1.54, 1.807) is 10.7 Å². The van der Waals surface area contributed by atoms with Crippen molar-refractivity contribution < 1.29 is 0 Å². The summed E-state index contributed by atoms with van der Waals surface area (Å²) in [5.41, 5.74) is 7.34. The molecular weight excluding hydrogens is 232 g/mol. The highest BCUT2D eigenvalue weighted by Crippen LogP contribution is 2.21. The number of nitrogens with zero attached hydrogens (tertiary/aromatic N) is 3. The number of nitrogen functional groups attached to an aromatic ring is 1. The molecule has 5 heteroatoms. The van der Waals surface area contributed by atoms with Gasteiger partial charge in [-0.3, -0.25) is 0 Å². The van der Waals surface area contributed by atoms with Crippen LogP contribution in [0.3, 0.4) is 0 Å². The number of nitrogens with two attached hydrogens (primary N) is 1. The van der Waals surface area contributed by atoms with Crippen LogP contribution in [0.5, 0.6) is 0 Å². The van der Waals surface area contributed by atoms with Gasteiger partial charge in [0, 0.05) is 10.7 Å². The lowest BCUT2D eigenvalue weighted by Crippen LogP contribution is -1.97. The Morgan fingerprint density at radius 2 is 2.38 bits per heavy atom. The third-order valence-corrected chi connectivity index (χ3v) is 2.20. The molecule has 0 saturated heterocycles. The zero-order valence-corrected chi connectivity index (χ0v) is 8.12. The third-order valence-electron chi connectivity index (χ3n) is 1.76. The molecule has 0 aromatic carbocycles. The highest BCUT2D eigenvalue weighted by atomic mass is 79.9. The number of hydrogen-bond acceptors (Lipinski definition) is 3. The van der Waals surface area contributed by atoms with Gasteiger partial charge in [0.05, 0.1) is 23.0 Å². The predicted molar refractivity (Wildman–Crippen MR) is 52.0 cm³/mol. The van der Waals surface area contributed by atoms with E-state index >= 15 is 0 Å². The molecule has 2 rings (SSSR count). The maximum absolute atomic E-state index is 8.69. The topological polar surface area (TPSA) is 67.1 Å². The summed E-state index contributed by atoms with van der Waals surface area (Å²) in [6.45, 7) is 0. The van der Waals surface area contributed by atoms with Gasteiger partial charge in [0.15, 0.2) is 0 Å². The van der Waals surface area contributed by atoms with Crippen molar-refractivity contribution >= 4 is 27.1 Å². The molecule has 13 heavy (non-hydrogen) atoms. The molecule has 0 aliphatic carbocycles. The van der Waals surface area contributed by atoms with Crippen LogP contribution in [0.25, 0.3) is 5.52 Å². The van der Waals surface area contributed by atoms with Crippen molar-refractivity contribution in [2.75, 3.05) is 5.73 Å². The van der Waals surface area contributed by atoms with Gasteiger partial charge in [0.25, 0.3) is 0 Å². The van der Waals surface area contributed by atoms with E-state index in [0.29, 0.717) is 11.3 Å². The summed E-state index contributed by atoms with van der Waals surface area (Å²) in [6, 6.07) is 3.80. The van der Waals surface area contributed by atoms with Crippen LogP contribution in [0.2, 0.25) is 0 Å². The highest BCUT2D eigenvalue weighted by molar-refractivity contribution is 9.10. The molecule has 64 valence electrons. The largest absolute Gasteiger partial charge is 0.396 e. The van der Waals surface area contributed by atoms with Gasteiger partial charge in [0.1, 0.15) is 6.07 Å². The number of fused-ring (bicyclic) bond motifs is 1. The summed E-state index contributed by atoms with van der Waals surface area (Å²) >= 11 is 3.31. The van der Waals surface area contributed by atoms with Crippen LogP contribution < -0.4 is 5.73 Å². The van der Waals surface area contributed by atoms with Crippen molar-refractivity contribution in [3.63, 3.8) is 0 Å². The van der Waals surface area contributed by atoms with E-state index in [2.05, 4.69) is 21.0 Å². The Balaban J connectivity index is 2.87. The van der Waals surface area contributed by atoms with Crippen LogP contribution in [-0.2, 0) is 0 Å². The Kier molecular flexibility index (Phi) is 1.71. The third kappa shape index (κ3) is 1.15. The zero-order valence-electron chi connectivity index (χ0n) is 6.53. The normalized spacial score (nSPS) is 10.2. The van der Waals surface area contributed by atoms with Gasteiger partial charge in [-0.05, 0) is 22.0 Å². The molecule has 0 amide bonds. The summed E-state index contributed by atoms with van der Waals surface area (Å²) < 4.78 is 2.52. The van der Waals surface area contributed by atoms with Crippen LogP contribution in [0.4, 0.5) is 5.69 Å². The smallest absolute Gasteiger partial charge is 0.103 e. The first-order chi connectivity index (χ1) is 6.22. The van der Waals surface area contributed by atoms with Crippen LogP contribution >= 0.6 is 15.9 Å². The summed E-state index contributed by atoms with van der Waals surface area (Å²) in [5, 5.41) is 12.7. The fourth-order valence-corrected chi connectivity index (χ4v) is 1.54. The molecule has 0 spiro atoms. The quantitative estimate of drug-likeness (QED) is 0.755. The molecule has 0 bridgehead atoms. The molecule has 2 aromatic rings. The minimum absolute atomic E-state index is 0.401. The SMILES string of the molecule is N#Cc1cnn2cc(Br)cc2c1N. The van der Waals surface area contributed by atoms with E-state index in [4.69, 9.17) is 11.0 Å².